The Morgan fingerprint density at radius 3 is 2.11 bits per heavy atom. The minimum absolute atomic E-state index is 0.0231. The summed E-state index contributed by atoms with van der Waals surface area (Å²) < 4.78 is 2.12. The van der Waals surface area contributed by atoms with Crippen molar-refractivity contribution in [2.75, 3.05) is 0 Å². The number of imidazole rings is 1. The van der Waals surface area contributed by atoms with E-state index in [4.69, 9.17) is 4.98 Å². The Morgan fingerprint density at radius 2 is 1.61 bits per heavy atom. The lowest BCUT2D eigenvalue weighted by Gasteiger charge is -2.22. The molecule has 0 aliphatic rings. The highest BCUT2D eigenvalue weighted by molar-refractivity contribution is 5.73. The van der Waals surface area contributed by atoms with Gasteiger partial charge in [0.15, 0.2) is 5.65 Å². The third kappa shape index (κ3) is 2.11. The molecule has 2 aromatic rings. The van der Waals surface area contributed by atoms with Crippen molar-refractivity contribution in [2.24, 2.45) is 0 Å². The average Bonchev–Trinajstić information content (AvgIpc) is 2.59. The Kier molecular flexibility index (Phi) is 2.72. The lowest BCUT2D eigenvalue weighted by Crippen LogP contribution is -2.23. The Morgan fingerprint density at radius 1 is 1.00 bits per heavy atom. The normalized spacial score (nSPS) is 13.3. The predicted octanol–water partition coefficient (Wildman–Crippen LogP) is 3.19. The lowest BCUT2D eigenvalue weighted by molar-refractivity contribution is 0.404. The summed E-state index contributed by atoms with van der Waals surface area (Å²) in [7, 11) is 0. The van der Waals surface area contributed by atoms with Crippen LogP contribution in [0.1, 0.15) is 53.1 Å². The van der Waals surface area contributed by atoms with Crippen molar-refractivity contribution >= 4 is 11.2 Å². The maximum absolute atomic E-state index is 4.72. The van der Waals surface area contributed by atoms with Gasteiger partial charge in [-0.1, -0.05) is 20.8 Å². The lowest BCUT2D eigenvalue weighted by atomic mass is 9.95. The first-order chi connectivity index (χ1) is 8.10. The number of rotatable bonds is 0. The Labute approximate surface area is 108 Å². The van der Waals surface area contributed by atoms with E-state index >= 15 is 0 Å². The van der Waals surface area contributed by atoms with Crippen molar-refractivity contribution in [3.63, 3.8) is 0 Å². The van der Waals surface area contributed by atoms with E-state index < -0.39 is 0 Å². The number of hydrogen-bond donors (Lipinski definition) is 0. The molecule has 4 nitrogen and oxygen atoms in total. The van der Waals surface area contributed by atoms with Crippen molar-refractivity contribution in [1.82, 2.24) is 19.5 Å². The molecule has 2 aromatic heterocycles. The SMILES string of the molecule is Cc1nc(C(C)(C)C)nc2c1ncn2C(C)(C)C. The van der Waals surface area contributed by atoms with Gasteiger partial charge in [-0.25, -0.2) is 15.0 Å². The van der Waals surface area contributed by atoms with Crippen LogP contribution in [0, 0.1) is 6.92 Å². The Hall–Kier alpha value is -1.45. The molecule has 0 aliphatic heterocycles. The van der Waals surface area contributed by atoms with Crippen LogP contribution in [0.25, 0.3) is 11.2 Å². The van der Waals surface area contributed by atoms with E-state index in [2.05, 4.69) is 56.1 Å². The van der Waals surface area contributed by atoms with Crippen molar-refractivity contribution in [2.45, 2.75) is 59.4 Å². The smallest absolute Gasteiger partial charge is 0.164 e. The first-order valence-electron chi connectivity index (χ1n) is 6.33. The monoisotopic (exact) mass is 246 g/mol. The summed E-state index contributed by atoms with van der Waals surface area (Å²) in [6, 6.07) is 0. The van der Waals surface area contributed by atoms with Gasteiger partial charge >= 0.3 is 0 Å². The van der Waals surface area contributed by atoms with Crippen LogP contribution >= 0.6 is 0 Å². The fourth-order valence-corrected chi connectivity index (χ4v) is 1.87. The molecule has 0 aromatic carbocycles. The molecule has 2 heterocycles. The second-order valence-electron chi connectivity index (χ2n) is 6.84. The first-order valence-corrected chi connectivity index (χ1v) is 6.33. The molecule has 0 N–H and O–H groups in total. The molecular formula is C14H22N4. The second-order valence-corrected chi connectivity index (χ2v) is 6.84. The van der Waals surface area contributed by atoms with Crippen LogP contribution in [-0.4, -0.2) is 19.5 Å². The van der Waals surface area contributed by atoms with Crippen LogP contribution in [0.3, 0.4) is 0 Å². The topological polar surface area (TPSA) is 43.6 Å². The van der Waals surface area contributed by atoms with Crippen LogP contribution in [0.4, 0.5) is 0 Å². The molecule has 0 aliphatic carbocycles. The zero-order valence-electron chi connectivity index (χ0n) is 12.4. The van der Waals surface area contributed by atoms with Gasteiger partial charge in [-0.05, 0) is 27.7 Å². The largest absolute Gasteiger partial charge is 0.310 e. The molecule has 0 atom stereocenters. The highest BCUT2D eigenvalue weighted by atomic mass is 15.2. The number of fused-ring (bicyclic) bond motifs is 1. The van der Waals surface area contributed by atoms with Gasteiger partial charge in [0.25, 0.3) is 0 Å². The molecule has 4 heteroatoms. The summed E-state index contributed by atoms with van der Waals surface area (Å²) in [6.45, 7) is 14.9. The molecule has 18 heavy (non-hydrogen) atoms. The highest BCUT2D eigenvalue weighted by Gasteiger charge is 2.23. The van der Waals surface area contributed by atoms with Gasteiger partial charge in [-0.15, -0.1) is 0 Å². The van der Waals surface area contributed by atoms with Gasteiger partial charge in [0.2, 0.25) is 0 Å². The van der Waals surface area contributed by atoms with E-state index in [1.165, 1.54) is 0 Å². The molecule has 0 saturated carbocycles. The van der Waals surface area contributed by atoms with E-state index in [9.17, 15) is 0 Å². The van der Waals surface area contributed by atoms with Crippen LogP contribution in [-0.2, 0) is 11.0 Å². The van der Waals surface area contributed by atoms with Crippen LogP contribution < -0.4 is 0 Å². The number of nitrogens with zero attached hydrogens (tertiary/aromatic N) is 4. The van der Waals surface area contributed by atoms with Gasteiger partial charge in [0, 0.05) is 11.0 Å². The zero-order chi connectivity index (χ0) is 13.7. The summed E-state index contributed by atoms with van der Waals surface area (Å²) in [5.74, 6) is 0.874. The third-order valence-electron chi connectivity index (χ3n) is 2.96. The average molecular weight is 246 g/mol. The van der Waals surface area contributed by atoms with Gasteiger partial charge in [-0.2, -0.15) is 0 Å². The van der Waals surface area contributed by atoms with E-state index in [1.807, 2.05) is 13.3 Å². The molecule has 0 bridgehead atoms. The molecule has 0 radical (unpaired) electrons. The Balaban J connectivity index is 2.77. The molecule has 0 spiro atoms. The maximum atomic E-state index is 4.72. The van der Waals surface area contributed by atoms with Crippen molar-refractivity contribution in [3.05, 3.63) is 17.8 Å². The predicted molar refractivity (Wildman–Crippen MR) is 73.8 cm³/mol. The first kappa shape index (κ1) is 13.0. The van der Waals surface area contributed by atoms with Crippen molar-refractivity contribution < 1.29 is 0 Å². The third-order valence-corrected chi connectivity index (χ3v) is 2.96. The van der Waals surface area contributed by atoms with Gasteiger partial charge in [-0.3, -0.25) is 0 Å². The molecule has 98 valence electrons. The molecule has 2 rings (SSSR count). The minimum Gasteiger partial charge on any atom is -0.310 e. The Bertz CT molecular complexity index is 582. The summed E-state index contributed by atoms with van der Waals surface area (Å²) in [6.07, 6.45) is 1.86. The van der Waals surface area contributed by atoms with Crippen molar-refractivity contribution in [3.8, 4) is 0 Å². The number of aromatic nitrogens is 4. The fourth-order valence-electron chi connectivity index (χ4n) is 1.87. The summed E-state index contributed by atoms with van der Waals surface area (Å²) in [5, 5.41) is 0. The molecule has 0 unspecified atom stereocenters. The second kappa shape index (κ2) is 3.77. The summed E-state index contributed by atoms with van der Waals surface area (Å²) in [5.41, 5.74) is 2.71. The van der Waals surface area contributed by atoms with Gasteiger partial charge < -0.3 is 4.57 Å². The number of hydrogen-bond acceptors (Lipinski definition) is 3. The van der Waals surface area contributed by atoms with Crippen LogP contribution in [0.2, 0.25) is 0 Å². The summed E-state index contributed by atoms with van der Waals surface area (Å²) >= 11 is 0. The molecule has 0 saturated heterocycles. The standard InChI is InChI=1S/C14H22N4/c1-9-10-11(17-12(16-9)13(2,3)4)18(8-15-10)14(5,6)7/h8H,1-7H3. The van der Waals surface area contributed by atoms with Crippen molar-refractivity contribution in [1.29, 1.82) is 0 Å². The van der Waals surface area contributed by atoms with E-state index in [0.717, 1.165) is 22.7 Å². The van der Waals surface area contributed by atoms with Crippen LogP contribution in [0.15, 0.2) is 6.33 Å². The minimum atomic E-state index is -0.0497. The highest BCUT2D eigenvalue weighted by Crippen LogP contribution is 2.25. The molecule has 0 fully saturated rings. The van der Waals surface area contributed by atoms with Gasteiger partial charge in [0.1, 0.15) is 11.3 Å². The van der Waals surface area contributed by atoms with E-state index in [-0.39, 0.29) is 11.0 Å². The molecular weight excluding hydrogens is 224 g/mol. The molecule has 0 amide bonds. The van der Waals surface area contributed by atoms with Gasteiger partial charge in [0.05, 0.1) is 12.0 Å². The fraction of sp³-hybridized carbons (Fsp3) is 0.643. The summed E-state index contributed by atoms with van der Waals surface area (Å²) in [4.78, 5) is 13.7. The van der Waals surface area contributed by atoms with Crippen LogP contribution in [0.5, 0.6) is 0 Å². The van der Waals surface area contributed by atoms with E-state index in [1.54, 1.807) is 0 Å². The zero-order valence-corrected chi connectivity index (χ0v) is 12.4. The van der Waals surface area contributed by atoms with E-state index in [0.29, 0.717) is 0 Å². The quantitative estimate of drug-likeness (QED) is 0.717. The number of aryl methyl sites for hydroxylation is 1. The maximum Gasteiger partial charge on any atom is 0.164 e.